The summed E-state index contributed by atoms with van der Waals surface area (Å²) in [5.74, 6) is -0.150. The molecule has 1 atom stereocenters. The summed E-state index contributed by atoms with van der Waals surface area (Å²) in [5, 5.41) is 5.42. The molecule has 1 heterocycles. The average molecular weight is 215 g/mol. The zero-order valence-electron chi connectivity index (χ0n) is 7.71. The molecule has 78 valence electrons. The zero-order valence-corrected chi connectivity index (χ0v) is 8.52. The molecule has 0 aromatic heterocycles. The summed E-state index contributed by atoms with van der Waals surface area (Å²) in [6, 6.07) is 0.00884. The molecule has 0 aromatic carbocycles. The van der Waals surface area contributed by atoms with E-state index in [-0.39, 0.29) is 29.3 Å². The van der Waals surface area contributed by atoms with Crippen LogP contribution in [0.5, 0.6) is 0 Å². The molecule has 0 saturated carbocycles. The van der Waals surface area contributed by atoms with Crippen molar-refractivity contribution in [3.05, 3.63) is 0 Å². The number of nitrogens with one attached hydrogen (secondary N) is 2. The van der Waals surface area contributed by atoms with Gasteiger partial charge in [-0.05, 0) is 6.42 Å². The van der Waals surface area contributed by atoms with Gasteiger partial charge in [0, 0.05) is 19.0 Å². The van der Waals surface area contributed by atoms with E-state index in [9.17, 15) is 9.59 Å². The first-order chi connectivity index (χ1) is 6.58. The van der Waals surface area contributed by atoms with Crippen LogP contribution in [0.1, 0.15) is 19.3 Å². The van der Waals surface area contributed by atoms with E-state index in [1.165, 1.54) is 0 Å². The van der Waals surface area contributed by atoms with Gasteiger partial charge in [0.15, 0.2) is 0 Å². The molecule has 1 saturated heterocycles. The number of carbonyl (C=O) groups is 2. The molecule has 4 N–H and O–H groups in total. The SMILES string of the molecule is NC(=S)CC(=O)NC1CCC(=O)NC1. The summed E-state index contributed by atoms with van der Waals surface area (Å²) in [5.41, 5.74) is 5.22. The van der Waals surface area contributed by atoms with E-state index < -0.39 is 0 Å². The van der Waals surface area contributed by atoms with Crippen LogP contribution in [-0.2, 0) is 9.59 Å². The average Bonchev–Trinajstić information content (AvgIpc) is 2.07. The van der Waals surface area contributed by atoms with E-state index in [0.29, 0.717) is 19.4 Å². The van der Waals surface area contributed by atoms with Crippen LogP contribution in [-0.4, -0.2) is 29.4 Å². The summed E-state index contributed by atoms with van der Waals surface area (Å²) in [4.78, 5) is 22.2. The minimum absolute atomic E-state index is 0.00884. The Morgan fingerprint density at radius 1 is 1.71 bits per heavy atom. The predicted molar refractivity (Wildman–Crippen MR) is 55.6 cm³/mol. The minimum Gasteiger partial charge on any atom is -0.393 e. The first kappa shape index (κ1) is 10.9. The van der Waals surface area contributed by atoms with Crippen molar-refractivity contribution < 1.29 is 9.59 Å². The van der Waals surface area contributed by atoms with Gasteiger partial charge in [-0.2, -0.15) is 0 Å². The second kappa shape index (κ2) is 4.90. The molecule has 1 unspecified atom stereocenters. The molecule has 1 aliphatic rings. The lowest BCUT2D eigenvalue weighted by molar-refractivity contribution is -0.125. The quantitative estimate of drug-likeness (QED) is 0.530. The highest BCUT2D eigenvalue weighted by atomic mass is 32.1. The van der Waals surface area contributed by atoms with Gasteiger partial charge in [-0.1, -0.05) is 12.2 Å². The van der Waals surface area contributed by atoms with Crippen molar-refractivity contribution in [3.63, 3.8) is 0 Å². The van der Waals surface area contributed by atoms with Crippen LogP contribution in [0.2, 0.25) is 0 Å². The van der Waals surface area contributed by atoms with Crippen molar-refractivity contribution >= 4 is 29.0 Å². The third kappa shape index (κ3) is 3.69. The topological polar surface area (TPSA) is 84.2 Å². The van der Waals surface area contributed by atoms with Crippen molar-refractivity contribution in [2.75, 3.05) is 6.54 Å². The molecule has 14 heavy (non-hydrogen) atoms. The molecule has 6 heteroatoms. The smallest absolute Gasteiger partial charge is 0.227 e. The highest BCUT2D eigenvalue weighted by molar-refractivity contribution is 7.80. The lowest BCUT2D eigenvalue weighted by Gasteiger charge is -2.23. The van der Waals surface area contributed by atoms with Gasteiger partial charge in [0.1, 0.15) is 0 Å². The fourth-order valence-electron chi connectivity index (χ4n) is 1.29. The molecule has 5 nitrogen and oxygen atoms in total. The van der Waals surface area contributed by atoms with Gasteiger partial charge in [0.25, 0.3) is 0 Å². The second-order valence-electron chi connectivity index (χ2n) is 3.25. The van der Waals surface area contributed by atoms with Gasteiger partial charge >= 0.3 is 0 Å². The maximum absolute atomic E-state index is 11.2. The Labute approximate surface area is 87.4 Å². The second-order valence-corrected chi connectivity index (χ2v) is 3.77. The Kier molecular flexibility index (Phi) is 3.82. The van der Waals surface area contributed by atoms with Crippen molar-refractivity contribution in [1.82, 2.24) is 10.6 Å². The third-order valence-electron chi connectivity index (χ3n) is 1.97. The maximum atomic E-state index is 11.2. The highest BCUT2D eigenvalue weighted by Crippen LogP contribution is 2.02. The molecule has 1 fully saturated rings. The molecular formula is C8H13N3O2S. The van der Waals surface area contributed by atoms with Crippen LogP contribution in [0.15, 0.2) is 0 Å². The summed E-state index contributed by atoms with van der Waals surface area (Å²) in [6.07, 6.45) is 1.20. The van der Waals surface area contributed by atoms with E-state index in [1.54, 1.807) is 0 Å². The van der Waals surface area contributed by atoms with Crippen LogP contribution in [0.25, 0.3) is 0 Å². The number of hydrogen-bond acceptors (Lipinski definition) is 3. The van der Waals surface area contributed by atoms with E-state index >= 15 is 0 Å². The van der Waals surface area contributed by atoms with E-state index in [1.807, 2.05) is 0 Å². The third-order valence-corrected chi connectivity index (χ3v) is 2.11. The molecule has 0 bridgehead atoms. The maximum Gasteiger partial charge on any atom is 0.227 e. The molecule has 0 radical (unpaired) electrons. The van der Waals surface area contributed by atoms with E-state index in [0.717, 1.165) is 0 Å². The first-order valence-electron chi connectivity index (χ1n) is 4.42. The Balaban J connectivity index is 2.27. The van der Waals surface area contributed by atoms with Crippen LogP contribution in [0.3, 0.4) is 0 Å². The van der Waals surface area contributed by atoms with Gasteiger partial charge in [-0.25, -0.2) is 0 Å². The monoisotopic (exact) mass is 215 g/mol. The van der Waals surface area contributed by atoms with Gasteiger partial charge in [0.05, 0.1) is 11.4 Å². The van der Waals surface area contributed by atoms with Crippen LogP contribution in [0.4, 0.5) is 0 Å². The normalized spacial score (nSPS) is 21.1. The lowest BCUT2D eigenvalue weighted by atomic mass is 10.1. The van der Waals surface area contributed by atoms with Crippen molar-refractivity contribution in [1.29, 1.82) is 0 Å². The molecule has 0 aliphatic carbocycles. The first-order valence-corrected chi connectivity index (χ1v) is 4.83. The summed E-state index contributed by atoms with van der Waals surface area (Å²) >= 11 is 4.61. The minimum atomic E-state index is -0.182. The summed E-state index contributed by atoms with van der Waals surface area (Å²) in [6.45, 7) is 0.488. The highest BCUT2D eigenvalue weighted by Gasteiger charge is 2.19. The number of carbonyl (C=O) groups excluding carboxylic acids is 2. The van der Waals surface area contributed by atoms with Crippen molar-refractivity contribution in [2.45, 2.75) is 25.3 Å². The molecular weight excluding hydrogens is 202 g/mol. The molecule has 0 spiro atoms. The standard InChI is InChI=1S/C8H13N3O2S/c9-6(14)3-8(13)11-5-1-2-7(12)10-4-5/h5H,1-4H2,(H2,9,14)(H,10,12)(H,11,13). The Hall–Kier alpha value is -1.17. The summed E-state index contributed by atoms with van der Waals surface area (Å²) in [7, 11) is 0. The number of nitrogens with two attached hydrogens (primary N) is 1. The van der Waals surface area contributed by atoms with Crippen LogP contribution in [0, 0.1) is 0 Å². The predicted octanol–water partition coefficient (Wildman–Crippen LogP) is -0.943. The fraction of sp³-hybridized carbons (Fsp3) is 0.625. The van der Waals surface area contributed by atoms with Crippen LogP contribution < -0.4 is 16.4 Å². The number of rotatable bonds is 3. The largest absolute Gasteiger partial charge is 0.393 e. The number of thiocarbonyl (C=S) groups is 1. The van der Waals surface area contributed by atoms with Gasteiger partial charge in [-0.3, -0.25) is 9.59 Å². The van der Waals surface area contributed by atoms with Gasteiger partial charge < -0.3 is 16.4 Å². The van der Waals surface area contributed by atoms with Gasteiger partial charge in [-0.15, -0.1) is 0 Å². The van der Waals surface area contributed by atoms with E-state index in [2.05, 4.69) is 22.9 Å². The van der Waals surface area contributed by atoms with Gasteiger partial charge in [0.2, 0.25) is 11.8 Å². The molecule has 1 rings (SSSR count). The molecule has 0 aromatic rings. The number of piperidine rings is 1. The molecule has 1 aliphatic heterocycles. The van der Waals surface area contributed by atoms with Crippen LogP contribution >= 0.6 is 12.2 Å². The van der Waals surface area contributed by atoms with E-state index in [4.69, 9.17) is 5.73 Å². The lowest BCUT2D eigenvalue weighted by Crippen LogP contribution is -2.48. The summed E-state index contributed by atoms with van der Waals surface area (Å²) < 4.78 is 0. The zero-order chi connectivity index (χ0) is 10.6. The fourth-order valence-corrected chi connectivity index (χ4v) is 1.42. The Morgan fingerprint density at radius 2 is 2.43 bits per heavy atom. The van der Waals surface area contributed by atoms with Crippen molar-refractivity contribution in [2.24, 2.45) is 5.73 Å². The Morgan fingerprint density at radius 3 is 2.93 bits per heavy atom. The molecule has 2 amide bonds. The number of hydrogen-bond donors (Lipinski definition) is 3. The van der Waals surface area contributed by atoms with Crippen molar-refractivity contribution in [3.8, 4) is 0 Å². The Bertz CT molecular complexity index is 257. The number of amides is 2.